The molecule has 4 nitrogen and oxygen atoms in total. The zero-order valence-electron chi connectivity index (χ0n) is 12.1. The van der Waals surface area contributed by atoms with Crippen molar-refractivity contribution in [1.29, 1.82) is 0 Å². The average Bonchev–Trinajstić information content (AvgIpc) is 2.80. The first-order valence-electron chi connectivity index (χ1n) is 6.50. The maximum atomic E-state index is 10.7. The Bertz CT molecular complexity index is 588. The Morgan fingerprint density at radius 3 is 2.55 bits per heavy atom. The van der Waals surface area contributed by atoms with Crippen molar-refractivity contribution < 1.29 is 9.84 Å². The van der Waals surface area contributed by atoms with Gasteiger partial charge in [-0.05, 0) is 44.0 Å². The van der Waals surface area contributed by atoms with Crippen LogP contribution in [0.15, 0.2) is 24.4 Å². The number of benzene rings is 1. The Morgan fingerprint density at radius 1 is 1.30 bits per heavy atom. The molecule has 1 heterocycles. The number of halogens is 1. The highest BCUT2D eigenvalue weighted by atomic mass is 35.5. The van der Waals surface area contributed by atoms with Crippen LogP contribution in [0.2, 0.25) is 5.02 Å². The van der Waals surface area contributed by atoms with Gasteiger partial charge in [-0.25, -0.2) is 0 Å². The Labute approximate surface area is 123 Å². The molecule has 0 spiro atoms. The zero-order valence-corrected chi connectivity index (χ0v) is 12.8. The van der Waals surface area contributed by atoms with Crippen LogP contribution in [0.25, 0.3) is 0 Å². The number of aryl methyl sites for hydroxylation is 1. The molecule has 20 heavy (non-hydrogen) atoms. The molecule has 2 aromatic rings. The lowest BCUT2D eigenvalue weighted by molar-refractivity contribution is 0.199. The van der Waals surface area contributed by atoms with Gasteiger partial charge >= 0.3 is 0 Å². The molecule has 1 aromatic carbocycles. The van der Waals surface area contributed by atoms with E-state index >= 15 is 0 Å². The first-order valence-corrected chi connectivity index (χ1v) is 6.88. The van der Waals surface area contributed by atoms with E-state index in [0.717, 1.165) is 11.1 Å². The molecular formula is C15H19ClN2O2. The summed E-state index contributed by atoms with van der Waals surface area (Å²) in [4.78, 5) is 0. The van der Waals surface area contributed by atoms with Crippen LogP contribution < -0.4 is 4.74 Å². The van der Waals surface area contributed by atoms with E-state index in [1.807, 2.05) is 32.9 Å². The molecule has 0 saturated carbocycles. The van der Waals surface area contributed by atoms with Crippen LogP contribution in [-0.2, 0) is 0 Å². The Hall–Kier alpha value is -1.52. The molecule has 2 rings (SSSR count). The number of nitrogens with zero attached hydrogens (tertiary/aromatic N) is 2. The van der Waals surface area contributed by atoms with Gasteiger partial charge < -0.3 is 9.84 Å². The van der Waals surface area contributed by atoms with Crippen LogP contribution in [0, 0.1) is 6.92 Å². The number of methoxy groups -OCH3 is 1. The van der Waals surface area contributed by atoms with Gasteiger partial charge in [0, 0.05) is 11.1 Å². The van der Waals surface area contributed by atoms with Gasteiger partial charge in [-0.2, -0.15) is 5.10 Å². The van der Waals surface area contributed by atoms with Gasteiger partial charge in [0.1, 0.15) is 11.8 Å². The van der Waals surface area contributed by atoms with Gasteiger partial charge in [-0.15, -0.1) is 0 Å². The van der Waals surface area contributed by atoms with Crippen LogP contribution in [0.5, 0.6) is 5.75 Å². The predicted molar refractivity (Wildman–Crippen MR) is 79.4 cm³/mol. The van der Waals surface area contributed by atoms with E-state index in [9.17, 15) is 5.11 Å². The third kappa shape index (κ3) is 2.81. The summed E-state index contributed by atoms with van der Waals surface area (Å²) >= 11 is 6.07. The highest BCUT2D eigenvalue weighted by molar-refractivity contribution is 6.30. The topological polar surface area (TPSA) is 47.3 Å². The van der Waals surface area contributed by atoms with Crippen molar-refractivity contribution in [2.45, 2.75) is 32.9 Å². The Kier molecular flexibility index (Phi) is 4.35. The van der Waals surface area contributed by atoms with Crippen molar-refractivity contribution in [2.24, 2.45) is 0 Å². The van der Waals surface area contributed by atoms with Crippen molar-refractivity contribution >= 4 is 11.6 Å². The quantitative estimate of drug-likeness (QED) is 0.938. The molecule has 0 saturated heterocycles. The number of aromatic nitrogens is 2. The molecule has 5 heteroatoms. The summed E-state index contributed by atoms with van der Waals surface area (Å²) in [5.74, 6) is 0.573. The van der Waals surface area contributed by atoms with Crippen molar-refractivity contribution in [1.82, 2.24) is 9.78 Å². The number of aliphatic hydroxyl groups is 1. The monoisotopic (exact) mass is 294 g/mol. The second-order valence-corrected chi connectivity index (χ2v) is 5.54. The summed E-state index contributed by atoms with van der Waals surface area (Å²) in [6.07, 6.45) is 0.794. The lowest BCUT2D eigenvalue weighted by Crippen LogP contribution is -2.13. The van der Waals surface area contributed by atoms with Gasteiger partial charge in [0.15, 0.2) is 5.75 Å². The number of ether oxygens (including phenoxy) is 1. The predicted octanol–water partition coefficient (Wildman–Crippen LogP) is 3.52. The van der Waals surface area contributed by atoms with E-state index in [1.165, 1.54) is 0 Å². The average molecular weight is 295 g/mol. The highest BCUT2D eigenvalue weighted by Crippen LogP contribution is 2.33. The van der Waals surface area contributed by atoms with Gasteiger partial charge in [0.05, 0.1) is 13.3 Å². The van der Waals surface area contributed by atoms with E-state index in [1.54, 1.807) is 24.1 Å². The first kappa shape index (κ1) is 14.9. The third-order valence-corrected chi connectivity index (χ3v) is 3.37. The van der Waals surface area contributed by atoms with E-state index in [2.05, 4.69) is 5.10 Å². The fourth-order valence-corrected chi connectivity index (χ4v) is 2.56. The second kappa shape index (κ2) is 5.85. The molecule has 0 radical (unpaired) electrons. The van der Waals surface area contributed by atoms with Gasteiger partial charge in [0.2, 0.25) is 0 Å². The lowest BCUT2D eigenvalue weighted by atomic mass is 10.0. The molecule has 0 amide bonds. The minimum atomic E-state index is -0.827. The number of aliphatic hydroxyl groups excluding tert-OH is 1. The molecular weight excluding hydrogens is 276 g/mol. The standard InChI is InChI=1S/C15H19ClN2O2/c1-9(2)18-14(13(20-4)8-17-18)15(19)11-5-10(3)6-12(16)7-11/h5-9,15,19H,1-4H3. The lowest BCUT2D eigenvalue weighted by Gasteiger charge is -2.18. The van der Waals surface area contributed by atoms with Crippen molar-refractivity contribution in [2.75, 3.05) is 7.11 Å². The van der Waals surface area contributed by atoms with E-state index in [-0.39, 0.29) is 6.04 Å². The molecule has 108 valence electrons. The second-order valence-electron chi connectivity index (χ2n) is 5.10. The summed E-state index contributed by atoms with van der Waals surface area (Å²) in [6.45, 7) is 5.96. The third-order valence-electron chi connectivity index (χ3n) is 3.15. The van der Waals surface area contributed by atoms with E-state index < -0.39 is 6.10 Å². The molecule has 1 unspecified atom stereocenters. The largest absolute Gasteiger partial charge is 0.493 e. The van der Waals surface area contributed by atoms with Crippen molar-refractivity contribution in [3.63, 3.8) is 0 Å². The zero-order chi connectivity index (χ0) is 14.9. The smallest absolute Gasteiger partial charge is 0.163 e. The molecule has 1 atom stereocenters. The van der Waals surface area contributed by atoms with Crippen LogP contribution in [-0.4, -0.2) is 22.0 Å². The normalized spacial score (nSPS) is 12.8. The Morgan fingerprint density at radius 2 is 2.00 bits per heavy atom. The maximum absolute atomic E-state index is 10.7. The fraction of sp³-hybridized carbons (Fsp3) is 0.400. The van der Waals surface area contributed by atoms with Gasteiger partial charge in [0.25, 0.3) is 0 Å². The van der Waals surface area contributed by atoms with Crippen LogP contribution in [0.4, 0.5) is 0 Å². The van der Waals surface area contributed by atoms with Crippen LogP contribution in [0.1, 0.15) is 42.8 Å². The highest BCUT2D eigenvalue weighted by Gasteiger charge is 2.23. The Balaban J connectivity index is 2.51. The van der Waals surface area contributed by atoms with Crippen molar-refractivity contribution in [3.05, 3.63) is 46.2 Å². The van der Waals surface area contributed by atoms with Crippen LogP contribution >= 0.6 is 11.6 Å². The van der Waals surface area contributed by atoms with Gasteiger partial charge in [-0.3, -0.25) is 4.68 Å². The molecule has 1 aromatic heterocycles. The minimum Gasteiger partial charge on any atom is -0.493 e. The van der Waals surface area contributed by atoms with E-state index in [0.29, 0.717) is 16.5 Å². The summed E-state index contributed by atoms with van der Waals surface area (Å²) in [7, 11) is 1.57. The minimum absolute atomic E-state index is 0.129. The number of hydrogen-bond acceptors (Lipinski definition) is 3. The molecule has 0 bridgehead atoms. The summed E-state index contributed by atoms with van der Waals surface area (Å²) in [5.41, 5.74) is 2.38. The molecule has 1 N–H and O–H groups in total. The number of rotatable bonds is 4. The summed E-state index contributed by atoms with van der Waals surface area (Å²) in [5, 5.41) is 15.6. The molecule has 0 aliphatic heterocycles. The number of hydrogen-bond donors (Lipinski definition) is 1. The summed E-state index contributed by atoms with van der Waals surface area (Å²) in [6, 6.07) is 5.66. The molecule has 0 fully saturated rings. The molecule has 0 aliphatic carbocycles. The molecule has 0 aliphatic rings. The SMILES string of the molecule is COc1cnn(C(C)C)c1C(O)c1cc(C)cc(Cl)c1. The van der Waals surface area contributed by atoms with E-state index in [4.69, 9.17) is 16.3 Å². The maximum Gasteiger partial charge on any atom is 0.163 e. The van der Waals surface area contributed by atoms with Crippen LogP contribution in [0.3, 0.4) is 0 Å². The first-order chi connectivity index (χ1) is 9.43. The summed E-state index contributed by atoms with van der Waals surface area (Å²) < 4.78 is 7.07. The van der Waals surface area contributed by atoms with Gasteiger partial charge in [-0.1, -0.05) is 17.7 Å². The fourth-order valence-electron chi connectivity index (χ4n) is 2.27. The van der Waals surface area contributed by atoms with Crippen molar-refractivity contribution in [3.8, 4) is 5.75 Å².